The Kier molecular flexibility index (Phi) is 6.86. The number of rotatable bonds is 9. The second kappa shape index (κ2) is 9.99. The molecule has 2 heterocycles. The molecule has 3 amide bonds. The SMILES string of the molecule is Cc1nn(Cc2cccc(F)c2)c(C)c1NC(=O)CCCCCN1C(=O)c2ccccc2C1=O. The van der Waals surface area contributed by atoms with E-state index in [0.29, 0.717) is 54.9 Å². The van der Waals surface area contributed by atoms with Crippen molar-refractivity contribution >= 4 is 23.4 Å². The van der Waals surface area contributed by atoms with Crippen LogP contribution in [-0.4, -0.2) is 38.9 Å². The van der Waals surface area contributed by atoms with E-state index in [1.54, 1.807) is 35.0 Å². The fraction of sp³-hybridized carbons (Fsp3) is 0.308. The van der Waals surface area contributed by atoms with Crippen LogP contribution in [0.15, 0.2) is 48.5 Å². The molecule has 7 nitrogen and oxygen atoms in total. The predicted molar refractivity (Wildman–Crippen MR) is 126 cm³/mol. The van der Waals surface area contributed by atoms with Gasteiger partial charge in [0.2, 0.25) is 5.91 Å². The fourth-order valence-corrected chi connectivity index (χ4v) is 4.22. The molecule has 3 aromatic rings. The number of hydrogen-bond donors (Lipinski definition) is 1. The van der Waals surface area contributed by atoms with E-state index in [-0.39, 0.29) is 23.5 Å². The minimum atomic E-state index is -0.296. The van der Waals surface area contributed by atoms with Crippen molar-refractivity contribution in [1.82, 2.24) is 14.7 Å². The van der Waals surface area contributed by atoms with Gasteiger partial charge in [0.1, 0.15) is 5.82 Å². The van der Waals surface area contributed by atoms with E-state index >= 15 is 0 Å². The highest BCUT2D eigenvalue weighted by Crippen LogP contribution is 2.23. The Labute approximate surface area is 197 Å². The number of nitrogens with one attached hydrogen (secondary N) is 1. The third-order valence-electron chi connectivity index (χ3n) is 6.03. The Balaban J connectivity index is 1.24. The predicted octanol–water partition coefficient (Wildman–Crippen LogP) is 4.48. The Morgan fingerprint density at radius 2 is 1.68 bits per heavy atom. The summed E-state index contributed by atoms with van der Waals surface area (Å²) in [5.74, 6) is -0.910. The van der Waals surface area contributed by atoms with Gasteiger partial charge in [-0.2, -0.15) is 5.10 Å². The van der Waals surface area contributed by atoms with Crippen LogP contribution in [0.25, 0.3) is 0 Å². The van der Waals surface area contributed by atoms with Crippen molar-refractivity contribution in [1.29, 1.82) is 0 Å². The number of carbonyl (C=O) groups is 3. The smallest absolute Gasteiger partial charge is 0.261 e. The number of hydrogen-bond acceptors (Lipinski definition) is 4. The number of unbranched alkanes of at least 4 members (excludes halogenated alkanes) is 2. The first kappa shape index (κ1) is 23.4. The summed E-state index contributed by atoms with van der Waals surface area (Å²) in [5.41, 5.74) is 3.88. The molecule has 0 fully saturated rings. The molecule has 0 atom stereocenters. The monoisotopic (exact) mass is 462 g/mol. The fourth-order valence-electron chi connectivity index (χ4n) is 4.22. The first-order chi connectivity index (χ1) is 16.3. The number of aryl methyl sites for hydroxylation is 1. The van der Waals surface area contributed by atoms with Crippen molar-refractivity contribution in [2.75, 3.05) is 11.9 Å². The average molecular weight is 463 g/mol. The lowest BCUT2D eigenvalue weighted by Gasteiger charge is -2.13. The van der Waals surface area contributed by atoms with Crippen LogP contribution < -0.4 is 5.32 Å². The quantitative estimate of drug-likeness (QED) is 0.375. The van der Waals surface area contributed by atoms with Crippen molar-refractivity contribution in [3.05, 3.63) is 82.4 Å². The number of amides is 3. The van der Waals surface area contributed by atoms with E-state index in [0.717, 1.165) is 17.7 Å². The second-order valence-electron chi connectivity index (χ2n) is 8.50. The highest BCUT2D eigenvalue weighted by molar-refractivity contribution is 6.21. The molecule has 0 bridgehead atoms. The zero-order valence-electron chi connectivity index (χ0n) is 19.3. The molecule has 0 saturated carbocycles. The van der Waals surface area contributed by atoms with Gasteiger partial charge in [-0.1, -0.05) is 30.7 Å². The molecule has 8 heteroatoms. The number of carbonyl (C=O) groups excluding carboxylic acids is 3. The van der Waals surface area contributed by atoms with Gasteiger partial charge < -0.3 is 5.32 Å². The Bertz CT molecular complexity index is 1220. The van der Waals surface area contributed by atoms with Crippen LogP contribution in [0.3, 0.4) is 0 Å². The Hall–Kier alpha value is -3.81. The van der Waals surface area contributed by atoms with Crippen molar-refractivity contribution in [3.63, 3.8) is 0 Å². The summed E-state index contributed by atoms with van der Waals surface area (Å²) < 4.78 is 15.2. The van der Waals surface area contributed by atoms with E-state index in [1.165, 1.54) is 17.0 Å². The van der Waals surface area contributed by atoms with Gasteiger partial charge in [-0.3, -0.25) is 24.0 Å². The zero-order valence-corrected chi connectivity index (χ0v) is 19.3. The highest BCUT2D eigenvalue weighted by atomic mass is 19.1. The normalized spacial score (nSPS) is 12.9. The zero-order chi connectivity index (χ0) is 24.2. The summed E-state index contributed by atoms with van der Waals surface area (Å²) in [6.45, 7) is 4.46. The number of anilines is 1. The Morgan fingerprint density at radius 1 is 0.971 bits per heavy atom. The van der Waals surface area contributed by atoms with Crippen molar-refractivity contribution < 1.29 is 18.8 Å². The first-order valence-corrected chi connectivity index (χ1v) is 11.4. The second-order valence-corrected chi connectivity index (χ2v) is 8.50. The molecule has 1 N–H and O–H groups in total. The van der Waals surface area contributed by atoms with Crippen molar-refractivity contribution in [2.24, 2.45) is 0 Å². The van der Waals surface area contributed by atoms with Gasteiger partial charge in [-0.05, 0) is 56.5 Å². The molecule has 4 rings (SSSR count). The van der Waals surface area contributed by atoms with Gasteiger partial charge in [-0.15, -0.1) is 0 Å². The minimum absolute atomic E-state index is 0.114. The maximum Gasteiger partial charge on any atom is 0.261 e. The summed E-state index contributed by atoms with van der Waals surface area (Å²) in [4.78, 5) is 38.6. The number of imide groups is 1. The van der Waals surface area contributed by atoms with Gasteiger partial charge in [0.05, 0.1) is 34.7 Å². The number of aromatic nitrogens is 2. The Morgan fingerprint density at radius 3 is 2.35 bits per heavy atom. The number of benzene rings is 2. The summed E-state index contributed by atoms with van der Waals surface area (Å²) in [6.07, 6.45) is 2.33. The maximum atomic E-state index is 13.5. The van der Waals surface area contributed by atoms with E-state index in [1.807, 2.05) is 19.9 Å². The standard InChI is InChI=1S/C26H27FN4O3/c1-17-24(18(2)31(29-17)16-19-9-8-10-20(27)15-19)28-23(32)13-4-3-7-14-30-25(33)21-11-5-6-12-22(21)26(30)34/h5-6,8-12,15H,3-4,7,13-14,16H2,1-2H3,(H,28,32). The van der Waals surface area contributed by atoms with Crippen LogP contribution in [0.2, 0.25) is 0 Å². The molecule has 2 aromatic carbocycles. The molecule has 0 spiro atoms. The van der Waals surface area contributed by atoms with E-state index in [4.69, 9.17) is 0 Å². The van der Waals surface area contributed by atoms with Gasteiger partial charge in [0, 0.05) is 13.0 Å². The molecule has 0 radical (unpaired) electrons. The van der Waals surface area contributed by atoms with Crippen molar-refractivity contribution in [3.8, 4) is 0 Å². The lowest BCUT2D eigenvalue weighted by molar-refractivity contribution is -0.116. The number of nitrogens with zero attached hydrogens (tertiary/aromatic N) is 3. The van der Waals surface area contributed by atoms with Crippen LogP contribution in [0.1, 0.15) is 63.4 Å². The summed E-state index contributed by atoms with van der Waals surface area (Å²) in [6, 6.07) is 13.2. The molecule has 0 aliphatic carbocycles. The molecular weight excluding hydrogens is 435 g/mol. The summed E-state index contributed by atoms with van der Waals surface area (Å²) in [5, 5.41) is 7.42. The van der Waals surface area contributed by atoms with Crippen LogP contribution in [-0.2, 0) is 11.3 Å². The largest absolute Gasteiger partial charge is 0.323 e. The van der Waals surface area contributed by atoms with E-state index in [2.05, 4.69) is 10.4 Å². The van der Waals surface area contributed by atoms with Gasteiger partial charge in [-0.25, -0.2) is 4.39 Å². The lowest BCUT2D eigenvalue weighted by Crippen LogP contribution is -2.30. The average Bonchev–Trinajstić information content (AvgIpc) is 3.21. The number of halogens is 1. The molecule has 0 unspecified atom stereocenters. The van der Waals surface area contributed by atoms with Crippen LogP contribution in [0, 0.1) is 19.7 Å². The lowest BCUT2D eigenvalue weighted by atomic mass is 10.1. The molecule has 1 aliphatic heterocycles. The van der Waals surface area contributed by atoms with Gasteiger partial charge in [0.15, 0.2) is 0 Å². The van der Waals surface area contributed by atoms with E-state index < -0.39 is 0 Å². The van der Waals surface area contributed by atoms with Crippen molar-refractivity contribution in [2.45, 2.75) is 46.1 Å². The molecule has 0 saturated heterocycles. The third kappa shape index (κ3) is 4.90. The van der Waals surface area contributed by atoms with Crippen LogP contribution >= 0.6 is 0 Å². The molecule has 1 aromatic heterocycles. The number of fused-ring (bicyclic) bond motifs is 1. The van der Waals surface area contributed by atoms with Gasteiger partial charge >= 0.3 is 0 Å². The van der Waals surface area contributed by atoms with Crippen LogP contribution in [0.4, 0.5) is 10.1 Å². The summed E-state index contributed by atoms with van der Waals surface area (Å²) >= 11 is 0. The first-order valence-electron chi connectivity index (χ1n) is 11.4. The molecular formula is C26H27FN4O3. The van der Waals surface area contributed by atoms with Crippen LogP contribution in [0.5, 0.6) is 0 Å². The molecule has 176 valence electrons. The van der Waals surface area contributed by atoms with Gasteiger partial charge in [0.25, 0.3) is 11.8 Å². The van der Waals surface area contributed by atoms with E-state index in [9.17, 15) is 18.8 Å². The highest BCUT2D eigenvalue weighted by Gasteiger charge is 2.34. The maximum absolute atomic E-state index is 13.5. The third-order valence-corrected chi connectivity index (χ3v) is 6.03. The summed E-state index contributed by atoms with van der Waals surface area (Å²) in [7, 11) is 0. The minimum Gasteiger partial charge on any atom is -0.323 e. The molecule has 1 aliphatic rings. The molecule has 34 heavy (non-hydrogen) atoms. The topological polar surface area (TPSA) is 84.3 Å².